The topological polar surface area (TPSA) is 128 Å². The van der Waals surface area contributed by atoms with E-state index in [0.717, 1.165) is 5.56 Å². The largest absolute Gasteiger partial charge is 0.493 e. The first-order valence-electron chi connectivity index (χ1n) is 9.83. The Balaban J connectivity index is 1.81. The van der Waals surface area contributed by atoms with Gasteiger partial charge in [0, 0.05) is 17.7 Å². The van der Waals surface area contributed by atoms with E-state index in [1.54, 1.807) is 54.6 Å². The molecule has 3 rings (SSSR count). The van der Waals surface area contributed by atoms with Gasteiger partial charge >= 0.3 is 5.97 Å². The van der Waals surface area contributed by atoms with Crippen LogP contribution in [0.25, 0.3) is 6.08 Å². The van der Waals surface area contributed by atoms with Gasteiger partial charge in [-0.05, 0) is 76.2 Å². The number of carbonyl (C=O) groups excluding carboxylic acids is 1. The van der Waals surface area contributed by atoms with Crippen molar-refractivity contribution in [3.8, 4) is 11.5 Å². The van der Waals surface area contributed by atoms with Gasteiger partial charge in [0.05, 0.1) is 15.6 Å². The molecule has 34 heavy (non-hydrogen) atoms. The summed E-state index contributed by atoms with van der Waals surface area (Å²) >= 11 is 2.03. The van der Waals surface area contributed by atoms with Gasteiger partial charge in [0.2, 0.25) is 0 Å². The fraction of sp³-hybridized carbons (Fsp3) is 0.0833. The van der Waals surface area contributed by atoms with Crippen LogP contribution < -0.4 is 14.8 Å². The summed E-state index contributed by atoms with van der Waals surface area (Å²) in [6.07, 6.45) is 1.33. The number of hydrogen-bond acceptors (Lipinski definition) is 6. The highest BCUT2D eigenvalue weighted by atomic mass is 127. The van der Waals surface area contributed by atoms with Gasteiger partial charge in [-0.3, -0.25) is 14.9 Å². The second kappa shape index (κ2) is 11.3. The van der Waals surface area contributed by atoms with Gasteiger partial charge in [-0.1, -0.05) is 18.2 Å². The minimum Gasteiger partial charge on any atom is -0.493 e. The third-order valence-corrected chi connectivity index (χ3v) is 5.41. The van der Waals surface area contributed by atoms with Crippen molar-refractivity contribution in [2.24, 2.45) is 0 Å². The fourth-order valence-corrected chi connectivity index (χ4v) is 3.72. The number of non-ortho nitro benzene ring substituents is 1. The summed E-state index contributed by atoms with van der Waals surface area (Å²) in [5.41, 5.74) is 1.22. The Morgan fingerprint density at radius 3 is 2.38 bits per heavy atom. The van der Waals surface area contributed by atoms with E-state index in [4.69, 9.17) is 9.47 Å². The number of amides is 1. The molecule has 0 aliphatic carbocycles. The van der Waals surface area contributed by atoms with E-state index in [-0.39, 0.29) is 18.0 Å². The maximum absolute atomic E-state index is 12.4. The minimum atomic E-state index is -1.29. The molecule has 9 nitrogen and oxygen atoms in total. The number of carboxylic acid groups (broad SMARTS) is 1. The molecule has 0 aromatic heterocycles. The van der Waals surface area contributed by atoms with Crippen LogP contribution in [0.2, 0.25) is 0 Å². The zero-order valence-corrected chi connectivity index (χ0v) is 20.0. The number of nitro benzene ring substituents is 1. The number of nitrogens with one attached hydrogen (secondary N) is 1. The molecular formula is C24H19IN2O7. The maximum atomic E-state index is 12.4. The first-order chi connectivity index (χ1) is 16.3. The van der Waals surface area contributed by atoms with Crippen LogP contribution in [0.15, 0.2) is 72.4 Å². The molecule has 0 saturated heterocycles. The molecule has 3 aromatic rings. The van der Waals surface area contributed by atoms with Crippen molar-refractivity contribution in [1.82, 2.24) is 5.32 Å². The molecule has 10 heteroatoms. The average molecular weight is 574 g/mol. The fourth-order valence-electron chi connectivity index (χ4n) is 2.93. The first-order valence-corrected chi connectivity index (χ1v) is 10.9. The molecule has 0 spiro atoms. The molecule has 2 N–H and O–H groups in total. The molecule has 174 valence electrons. The standard InChI is InChI=1S/C24H19IN2O7/c1-33-21-13-16(12-20(24(29)30)26-23(28)17-5-3-2-4-6-17)11-19(25)22(21)34-14-15-7-9-18(10-8-15)27(31)32/h2-13H,14H2,1H3,(H,26,28)(H,29,30)/b20-12+. The highest BCUT2D eigenvalue weighted by molar-refractivity contribution is 14.1. The molecule has 0 radical (unpaired) electrons. The molecule has 0 unspecified atom stereocenters. The molecule has 3 aromatic carbocycles. The van der Waals surface area contributed by atoms with Crippen LogP contribution in [-0.4, -0.2) is 29.0 Å². The summed E-state index contributed by atoms with van der Waals surface area (Å²) in [6, 6.07) is 17.5. The molecule has 0 saturated carbocycles. The van der Waals surface area contributed by atoms with Crippen LogP contribution in [0.3, 0.4) is 0 Å². The summed E-state index contributed by atoms with van der Waals surface area (Å²) in [6.45, 7) is 0.146. The summed E-state index contributed by atoms with van der Waals surface area (Å²) < 4.78 is 11.9. The predicted octanol–water partition coefficient (Wildman–Crippen LogP) is 4.64. The lowest BCUT2D eigenvalue weighted by Gasteiger charge is -2.14. The Bertz CT molecular complexity index is 1240. The van der Waals surface area contributed by atoms with Crippen LogP contribution in [-0.2, 0) is 11.4 Å². The average Bonchev–Trinajstić information content (AvgIpc) is 2.83. The highest BCUT2D eigenvalue weighted by Crippen LogP contribution is 2.35. The number of nitro groups is 1. The number of ether oxygens (including phenoxy) is 2. The highest BCUT2D eigenvalue weighted by Gasteiger charge is 2.16. The zero-order chi connectivity index (χ0) is 24.7. The van der Waals surface area contributed by atoms with E-state index in [1.165, 1.54) is 25.3 Å². The van der Waals surface area contributed by atoms with E-state index in [2.05, 4.69) is 5.32 Å². The molecule has 0 aliphatic rings. The number of rotatable bonds is 9. The predicted molar refractivity (Wildman–Crippen MR) is 133 cm³/mol. The Morgan fingerprint density at radius 2 is 1.79 bits per heavy atom. The van der Waals surface area contributed by atoms with E-state index in [9.17, 15) is 24.8 Å². The Labute approximate surface area is 208 Å². The van der Waals surface area contributed by atoms with Crippen LogP contribution in [0, 0.1) is 13.7 Å². The van der Waals surface area contributed by atoms with Gasteiger partial charge in [-0.25, -0.2) is 4.79 Å². The number of halogens is 1. The lowest BCUT2D eigenvalue weighted by Crippen LogP contribution is -2.27. The van der Waals surface area contributed by atoms with Crippen LogP contribution in [0.4, 0.5) is 5.69 Å². The molecule has 1 amide bonds. The number of nitrogens with zero attached hydrogens (tertiary/aromatic N) is 1. The van der Waals surface area contributed by atoms with Crippen molar-refractivity contribution in [2.45, 2.75) is 6.61 Å². The Kier molecular flexibility index (Phi) is 8.19. The lowest BCUT2D eigenvalue weighted by molar-refractivity contribution is -0.384. The smallest absolute Gasteiger partial charge is 0.352 e. The molecule has 0 aliphatic heterocycles. The van der Waals surface area contributed by atoms with Gasteiger partial charge in [0.15, 0.2) is 11.5 Å². The van der Waals surface area contributed by atoms with E-state index in [1.807, 2.05) is 22.6 Å². The molecule has 0 bridgehead atoms. The summed E-state index contributed by atoms with van der Waals surface area (Å²) in [5, 5.41) is 22.8. The maximum Gasteiger partial charge on any atom is 0.352 e. The second-order valence-electron chi connectivity index (χ2n) is 6.93. The second-order valence-corrected chi connectivity index (χ2v) is 8.09. The third kappa shape index (κ3) is 6.32. The molecule has 0 atom stereocenters. The number of carbonyl (C=O) groups is 2. The summed E-state index contributed by atoms with van der Waals surface area (Å²) in [4.78, 5) is 34.4. The summed E-state index contributed by atoms with van der Waals surface area (Å²) in [5.74, 6) is -1.04. The lowest BCUT2D eigenvalue weighted by atomic mass is 10.1. The monoisotopic (exact) mass is 574 g/mol. The van der Waals surface area contributed by atoms with E-state index < -0.39 is 16.8 Å². The zero-order valence-electron chi connectivity index (χ0n) is 17.9. The normalized spacial score (nSPS) is 10.9. The number of benzene rings is 3. The van der Waals surface area contributed by atoms with Crippen molar-refractivity contribution in [2.75, 3.05) is 7.11 Å². The summed E-state index contributed by atoms with van der Waals surface area (Å²) in [7, 11) is 1.45. The van der Waals surface area contributed by atoms with E-state index >= 15 is 0 Å². The third-order valence-electron chi connectivity index (χ3n) is 4.61. The molecule has 0 heterocycles. The van der Waals surface area contributed by atoms with Crippen LogP contribution in [0.5, 0.6) is 11.5 Å². The van der Waals surface area contributed by atoms with Gasteiger partial charge in [0.1, 0.15) is 12.3 Å². The number of carboxylic acids is 1. The van der Waals surface area contributed by atoms with Crippen LogP contribution in [0.1, 0.15) is 21.5 Å². The van der Waals surface area contributed by atoms with Gasteiger partial charge in [0.25, 0.3) is 11.6 Å². The number of hydrogen-bond donors (Lipinski definition) is 2. The Hall–Kier alpha value is -3.93. The Morgan fingerprint density at radius 1 is 1.12 bits per heavy atom. The SMILES string of the molecule is COc1cc(/C=C(/NC(=O)c2ccccc2)C(=O)O)cc(I)c1OCc1ccc([N+](=O)[O-])cc1. The first kappa shape index (κ1) is 24.7. The number of aliphatic carboxylic acids is 1. The molecular weight excluding hydrogens is 555 g/mol. The van der Waals surface area contributed by atoms with Crippen molar-refractivity contribution in [1.29, 1.82) is 0 Å². The van der Waals surface area contributed by atoms with E-state index in [0.29, 0.717) is 26.2 Å². The van der Waals surface area contributed by atoms with Crippen molar-refractivity contribution in [3.63, 3.8) is 0 Å². The van der Waals surface area contributed by atoms with Gasteiger partial charge in [-0.2, -0.15) is 0 Å². The molecule has 0 fully saturated rings. The van der Waals surface area contributed by atoms with Gasteiger partial charge < -0.3 is 19.9 Å². The minimum absolute atomic E-state index is 0.0133. The van der Waals surface area contributed by atoms with Crippen LogP contribution >= 0.6 is 22.6 Å². The quantitative estimate of drug-likeness (QED) is 0.165. The van der Waals surface area contributed by atoms with Crippen molar-refractivity contribution >= 4 is 46.2 Å². The van der Waals surface area contributed by atoms with Crippen molar-refractivity contribution in [3.05, 3.63) is 103 Å². The van der Waals surface area contributed by atoms with Gasteiger partial charge in [-0.15, -0.1) is 0 Å². The van der Waals surface area contributed by atoms with Crippen molar-refractivity contribution < 1.29 is 29.1 Å². The number of methoxy groups -OCH3 is 1.